The molecule has 7 heteroatoms. The molecule has 1 heterocycles. The van der Waals surface area contributed by atoms with Crippen LogP contribution in [0.4, 0.5) is 5.69 Å². The molecule has 1 aromatic heterocycles. The molecule has 0 saturated carbocycles. The third kappa shape index (κ3) is 4.36. The molecule has 3 rings (SSSR count). The van der Waals surface area contributed by atoms with Crippen LogP contribution in [0.5, 0.6) is 11.5 Å². The number of fused-ring (bicyclic) bond motifs is 1. The third-order valence-corrected chi connectivity index (χ3v) is 4.57. The number of ether oxygens (including phenoxy) is 2. The fourth-order valence-corrected chi connectivity index (χ4v) is 3.15. The Morgan fingerprint density at radius 3 is 2.64 bits per heavy atom. The first-order valence-corrected chi connectivity index (χ1v) is 9.28. The second-order valence-corrected chi connectivity index (χ2v) is 6.35. The maximum absolute atomic E-state index is 5.34. The SMILES string of the molecule is CN=C(NCCCn1c(C)nc2ccccc21)Nc1ccc(OC)c(OC)c1. The summed E-state index contributed by atoms with van der Waals surface area (Å²) < 4.78 is 12.9. The van der Waals surface area contributed by atoms with Gasteiger partial charge in [-0.05, 0) is 37.6 Å². The number of aryl methyl sites for hydroxylation is 2. The Balaban J connectivity index is 1.55. The van der Waals surface area contributed by atoms with Crippen molar-refractivity contribution >= 4 is 22.7 Å². The molecular formula is C21H27N5O2. The van der Waals surface area contributed by atoms with E-state index < -0.39 is 0 Å². The van der Waals surface area contributed by atoms with Gasteiger partial charge < -0.3 is 24.7 Å². The van der Waals surface area contributed by atoms with E-state index in [0.717, 1.165) is 36.5 Å². The predicted molar refractivity (Wildman–Crippen MR) is 114 cm³/mol. The van der Waals surface area contributed by atoms with Crippen LogP contribution >= 0.6 is 0 Å². The van der Waals surface area contributed by atoms with Crippen molar-refractivity contribution in [3.63, 3.8) is 0 Å². The van der Waals surface area contributed by atoms with Crippen molar-refractivity contribution in [2.45, 2.75) is 19.9 Å². The van der Waals surface area contributed by atoms with Crippen LogP contribution < -0.4 is 20.1 Å². The van der Waals surface area contributed by atoms with E-state index in [1.54, 1.807) is 21.3 Å². The zero-order valence-corrected chi connectivity index (χ0v) is 16.8. The van der Waals surface area contributed by atoms with Crippen molar-refractivity contribution in [1.82, 2.24) is 14.9 Å². The Labute approximate surface area is 165 Å². The van der Waals surface area contributed by atoms with Crippen LogP contribution in [0.2, 0.25) is 0 Å². The number of anilines is 1. The molecule has 148 valence electrons. The van der Waals surface area contributed by atoms with Crippen LogP contribution in [0.15, 0.2) is 47.5 Å². The molecule has 0 spiro atoms. The number of rotatable bonds is 7. The molecule has 0 atom stereocenters. The van der Waals surface area contributed by atoms with E-state index in [1.165, 1.54) is 5.52 Å². The number of benzene rings is 2. The Hall–Kier alpha value is -3.22. The van der Waals surface area contributed by atoms with Gasteiger partial charge in [0.2, 0.25) is 0 Å². The topological polar surface area (TPSA) is 72.7 Å². The number of hydrogen-bond donors (Lipinski definition) is 2. The van der Waals surface area contributed by atoms with Gasteiger partial charge in [-0.25, -0.2) is 4.98 Å². The summed E-state index contributed by atoms with van der Waals surface area (Å²) in [4.78, 5) is 8.90. The van der Waals surface area contributed by atoms with Crippen molar-refractivity contribution in [2.75, 3.05) is 33.1 Å². The van der Waals surface area contributed by atoms with E-state index in [4.69, 9.17) is 9.47 Å². The summed E-state index contributed by atoms with van der Waals surface area (Å²) in [6.45, 7) is 3.73. The van der Waals surface area contributed by atoms with Gasteiger partial charge in [0.15, 0.2) is 17.5 Å². The molecule has 7 nitrogen and oxygen atoms in total. The van der Waals surface area contributed by atoms with Crippen molar-refractivity contribution in [1.29, 1.82) is 0 Å². The lowest BCUT2D eigenvalue weighted by atomic mass is 10.2. The van der Waals surface area contributed by atoms with Crippen molar-refractivity contribution < 1.29 is 9.47 Å². The Bertz CT molecular complexity index is 965. The van der Waals surface area contributed by atoms with Gasteiger partial charge in [-0.2, -0.15) is 0 Å². The quantitative estimate of drug-likeness (QED) is 0.373. The van der Waals surface area contributed by atoms with Crippen LogP contribution in [0.3, 0.4) is 0 Å². The highest BCUT2D eigenvalue weighted by Crippen LogP contribution is 2.29. The minimum atomic E-state index is 0.672. The van der Waals surface area contributed by atoms with Gasteiger partial charge in [0.25, 0.3) is 0 Å². The first-order chi connectivity index (χ1) is 13.7. The zero-order chi connectivity index (χ0) is 19.9. The third-order valence-electron chi connectivity index (χ3n) is 4.57. The summed E-state index contributed by atoms with van der Waals surface area (Å²) in [6, 6.07) is 13.9. The molecule has 0 amide bonds. The molecular weight excluding hydrogens is 354 g/mol. The second-order valence-electron chi connectivity index (χ2n) is 6.35. The number of guanidine groups is 1. The van der Waals surface area contributed by atoms with E-state index >= 15 is 0 Å². The van der Waals surface area contributed by atoms with E-state index in [2.05, 4.69) is 31.2 Å². The van der Waals surface area contributed by atoms with Crippen molar-refractivity contribution in [2.24, 2.45) is 4.99 Å². The van der Waals surface area contributed by atoms with Crippen LogP contribution in [0.1, 0.15) is 12.2 Å². The van der Waals surface area contributed by atoms with E-state index in [9.17, 15) is 0 Å². The molecule has 3 aromatic rings. The first kappa shape index (κ1) is 19.5. The van der Waals surface area contributed by atoms with Crippen LogP contribution in [-0.2, 0) is 6.54 Å². The molecule has 0 aliphatic rings. The lowest BCUT2D eigenvalue weighted by Crippen LogP contribution is -2.31. The van der Waals surface area contributed by atoms with Crippen LogP contribution in [0, 0.1) is 6.92 Å². The molecule has 28 heavy (non-hydrogen) atoms. The van der Waals surface area contributed by atoms with Gasteiger partial charge in [-0.1, -0.05) is 12.1 Å². The number of para-hydroxylation sites is 2. The molecule has 0 fully saturated rings. The first-order valence-electron chi connectivity index (χ1n) is 9.28. The molecule has 0 saturated heterocycles. The average Bonchev–Trinajstić information content (AvgIpc) is 3.05. The van der Waals surface area contributed by atoms with Crippen molar-refractivity contribution in [3.05, 3.63) is 48.3 Å². The largest absolute Gasteiger partial charge is 0.493 e. The summed E-state index contributed by atoms with van der Waals surface area (Å²) >= 11 is 0. The van der Waals surface area contributed by atoms with Crippen LogP contribution in [-0.4, -0.2) is 43.3 Å². The molecule has 0 aliphatic carbocycles. The standard InChI is InChI=1S/C21H27N5O2/c1-15-24-17-8-5-6-9-18(17)26(15)13-7-12-23-21(22-2)25-16-10-11-19(27-3)20(14-16)28-4/h5-6,8-11,14H,7,12-13H2,1-4H3,(H2,22,23,25). The van der Waals surface area contributed by atoms with Gasteiger partial charge in [0, 0.05) is 31.9 Å². The summed E-state index contributed by atoms with van der Waals surface area (Å²) in [5, 5.41) is 6.62. The highest BCUT2D eigenvalue weighted by atomic mass is 16.5. The van der Waals surface area contributed by atoms with Gasteiger partial charge in [0.05, 0.1) is 25.3 Å². The number of imidazole rings is 1. The fraction of sp³-hybridized carbons (Fsp3) is 0.333. The molecule has 2 N–H and O–H groups in total. The highest BCUT2D eigenvalue weighted by Gasteiger charge is 2.08. The maximum atomic E-state index is 5.34. The summed E-state index contributed by atoms with van der Waals surface area (Å²) in [7, 11) is 5.00. The Kier molecular flexibility index (Phi) is 6.37. The molecule has 0 radical (unpaired) electrons. The van der Waals surface area contributed by atoms with E-state index in [0.29, 0.717) is 17.5 Å². The number of aromatic nitrogens is 2. The smallest absolute Gasteiger partial charge is 0.195 e. The Morgan fingerprint density at radius 2 is 1.89 bits per heavy atom. The van der Waals surface area contributed by atoms with Gasteiger partial charge >= 0.3 is 0 Å². The maximum Gasteiger partial charge on any atom is 0.195 e. The lowest BCUT2D eigenvalue weighted by molar-refractivity contribution is 0.355. The van der Waals surface area contributed by atoms with E-state index in [-0.39, 0.29) is 0 Å². The zero-order valence-electron chi connectivity index (χ0n) is 16.8. The predicted octanol–water partition coefficient (Wildman–Crippen LogP) is 3.44. The summed E-state index contributed by atoms with van der Waals surface area (Å²) in [5.41, 5.74) is 3.09. The van der Waals surface area contributed by atoms with E-state index in [1.807, 2.05) is 43.3 Å². The number of methoxy groups -OCH3 is 2. The molecule has 0 bridgehead atoms. The number of hydrogen-bond acceptors (Lipinski definition) is 4. The summed E-state index contributed by atoms with van der Waals surface area (Å²) in [6.07, 6.45) is 0.952. The minimum Gasteiger partial charge on any atom is -0.493 e. The van der Waals surface area contributed by atoms with Gasteiger partial charge in [-0.3, -0.25) is 4.99 Å². The van der Waals surface area contributed by atoms with Gasteiger partial charge in [-0.15, -0.1) is 0 Å². The fourth-order valence-electron chi connectivity index (χ4n) is 3.15. The summed E-state index contributed by atoms with van der Waals surface area (Å²) in [5.74, 6) is 3.11. The second kappa shape index (κ2) is 9.12. The molecule has 0 unspecified atom stereocenters. The Morgan fingerprint density at radius 1 is 1.11 bits per heavy atom. The number of aliphatic imine (C=N–C) groups is 1. The lowest BCUT2D eigenvalue weighted by Gasteiger charge is -2.14. The van der Waals surface area contributed by atoms with Gasteiger partial charge in [0.1, 0.15) is 5.82 Å². The number of nitrogens with one attached hydrogen (secondary N) is 2. The normalized spacial score (nSPS) is 11.5. The van der Waals surface area contributed by atoms with Crippen molar-refractivity contribution in [3.8, 4) is 11.5 Å². The minimum absolute atomic E-state index is 0.672. The monoisotopic (exact) mass is 381 g/mol. The number of nitrogens with zero attached hydrogens (tertiary/aromatic N) is 3. The molecule has 2 aromatic carbocycles. The molecule has 0 aliphatic heterocycles. The average molecular weight is 381 g/mol. The van der Waals surface area contributed by atoms with Crippen LogP contribution in [0.25, 0.3) is 11.0 Å². The highest BCUT2D eigenvalue weighted by molar-refractivity contribution is 5.93.